The molecule has 1 unspecified atom stereocenters. The number of rotatable bonds is 11. The van der Waals surface area contributed by atoms with Gasteiger partial charge in [-0.15, -0.1) is 0 Å². The van der Waals surface area contributed by atoms with Gasteiger partial charge in [-0.1, -0.05) is 64.1 Å². The summed E-state index contributed by atoms with van der Waals surface area (Å²) < 4.78 is 14.4. The number of hydrogen-bond acceptors (Lipinski definition) is 3. The highest BCUT2D eigenvalue weighted by Crippen LogP contribution is 2.23. The lowest BCUT2D eigenvalue weighted by Crippen LogP contribution is -2.10. The number of imidazole rings is 1. The number of benzene rings is 3. The second-order valence-corrected chi connectivity index (χ2v) is 9.26. The Hall–Kier alpha value is -3.27. The Morgan fingerprint density at radius 2 is 1.44 bits per heavy atom. The summed E-state index contributed by atoms with van der Waals surface area (Å²) in [6.07, 6.45) is 2.04. The van der Waals surface area contributed by atoms with Crippen molar-refractivity contribution >= 4 is 11.0 Å². The number of hydrogen-bond donors (Lipinski definition) is 0. The minimum absolute atomic E-state index is 0.438. The van der Waals surface area contributed by atoms with E-state index in [0.29, 0.717) is 25.0 Å². The lowest BCUT2D eigenvalue weighted by Gasteiger charge is -2.13. The second-order valence-electron chi connectivity index (χ2n) is 9.26. The van der Waals surface area contributed by atoms with Crippen LogP contribution in [0.25, 0.3) is 11.0 Å². The van der Waals surface area contributed by atoms with Gasteiger partial charge in [0.25, 0.3) is 0 Å². The van der Waals surface area contributed by atoms with Crippen LogP contribution in [0, 0.1) is 0 Å². The number of nitrogens with zero attached hydrogens (tertiary/aromatic N) is 2. The first kappa shape index (κ1) is 23.9. The number of aryl methyl sites for hydroxylation is 1. The number of fused-ring (bicyclic) bond motifs is 1. The van der Waals surface area contributed by atoms with E-state index in [-0.39, 0.29) is 0 Å². The van der Waals surface area contributed by atoms with E-state index in [9.17, 15) is 0 Å². The quantitative estimate of drug-likeness (QED) is 0.217. The molecule has 0 aliphatic carbocycles. The van der Waals surface area contributed by atoms with Gasteiger partial charge < -0.3 is 14.0 Å². The van der Waals surface area contributed by atoms with Crippen molar-refractivity contribution in [1.29, 1.82) is 0 Å². The third-order valence-electron chi connectivity index (χ3n) is 6.50. The van der Waals surface area contributed by atoms with Gasteiger partial charge in [0.2, 0.25) is 0 Å². The van der Waals surface area contributed by atoms with E-state index in [4.69, 9.17) is 14.5 Å². The Balaban J connectivity index is 1.38. The number of para-hydroxylation sites is 2. The van der Waals surface area contributed by atoms with Crippen LogP contribution in [0.3, 0.4) is 0 Å². The third-order valence-corrected chi connectivity index (χ3v) is 6.50. The molecule has 0 aliphatic heterocycles. The van der Waals surface area contributed by atoms with E-state index in [2.05, 4.69) is 86.9 Å². The van der Waals surface area contributed by atoms with Crippen LogP contribution in [0.4, 0.5) is 0 Å². The van der Waals surface area contributed by atoms with Crippen LogP contribution in [0.5, 0.6) is 11.5 Å². The maximum atomic E-state index is 6.10. The molecule has 178 valence electrons. The molecule has 0 saturated heterocycles. The summed E-state index contributed by atoms with van der Waals surface area (Å²) in [4.78, 5) is 4.84. The van der Waals surface area contributed by atoms with Crippen LogP contribution in [-0.4, -0.2) is 16.2 Å². The standard InChI is InChI=1S/C30H36N2O2/c1-5-23(4)25-13-17-26(18-14-25)33-20-8-19-32-29-10-7-6-9-28(29)31-30(32)21-34-27-15-11-24(12-16-27)22(2)3/h6-7,9-18,22-23H,5,8,19-21H2,1-4H3. The molecule has 1 atom stereocenters. The monoisotopic (exact) mass is 456 g/mol. The van der Waals surface area contributed by atoms with E-state index in [1.165, 1.54) is 11.1 Å². The third kappa shape index (κ3) is 5.80. The van der Waals surface area contributed by atoms with Crippen molar-refractivity contribution in [2.75, 3.05) is 6.61 Å². The first-order valence-corrected chi connectivity index (χ1v) is 12.4. The van der Waals surface area contributed by atoms with Crippen molar-refractivity contribution in [3.8, 4) is 11.5 Å². The predicted molar refractivity (Wildman–Crippen MR) is 140 cm³/mol. The topological polar surface area (TPSA) is 36.3 Å². The number of ether oxygens (including phenoxy) is 2. The molecule has 0 aliphatic rings. The van der Waals surface area contributed by atoms with Crippen LogP contribution < -0.4 is 9.47 Å². The minimum atomic E-state index is 0.438. The molecule has 4 rings (SSSR count). The van der Waals surface area contributed by atoms with Crippen molar-refractivity contribution < 1.29 is 9.47 Å². The smallest absolute Gasteiger partial charge is 0.147 e. The van der Waals surface area contributed by atoms with Crippen LogP contribution in [0.1, 0.15) is 69.3 Å². The zero-order valence-electron chi connectivity index (χ0n) is 20.8. The molecule has 3 aromatic carbocycles. The van der Waals surface area contributed by atoms with Gasteiger partial charge in [0.05, 0.1) is 17.6 Å². The molecule has 1 heterocycles. The first-order valence-electron chi connectivity index (χ1n) is 12.4. The predicted octanol–water partition coefficient (Wildman–Crippen LogP) is 7.72. The highest BCUT2D eigenvalue weighted by molar-refractivity contribution is 5.75. The molecule has 0 saturated carbocycles. The van der Waals surface area contributed by atoms with Gasteiger partial charge in [0.1, 0.15) is 23.9 Å². The summed E-state index contributed by atoms with van der Waals surface area (Å²) >= 11 is 0. The van der Waals surface area contributed by atoms with Gasteiger partial charge in [-0.05, 0) is 72.2 Å². The highest BCUT2D eigenvalue weighted by Gasteiger charge is 2.11. The molecule has 4 nitrogen and oxygen atoms in total. The van der Waals surface area contributed by atoms with Crippen molar-refractivity contribution in [2.45, 2.75) is 65.5 Å². The normalized spacial score (nSPS) is 12.3. The Labute approximate surface area is 203 Å². The zero-order chi connectivity index (χ0) is 23.9. The summed E-state index contributed by atoms with van der Waals surface area (Å²) in [5.41, 5.74) is 4.81. The fourth-order valence-corrected chi connectivity index (χ4v) is 4.12. The average molecular weight is 457 g/mol. The lowest BCUT2D eigenvalue weighted by atomic mass is 9.99. The Morgan fingerprint density at radius 1 is 0.794 bits per heavy atom. The molecule has 0 spiro atoms. The van der Waals surface area contributed by atoms with Crippen molar-refractivity contribution in [2.24, 2.45) is 0 Å². The Morgan fingerprint density at radius 3 is 2.12 bits per heavy atom. The molecule has 0 bridgehead atoms. The molecular formula is C30H36N2O2. The van der Waals surface area contributed by atoms with Gasteiger partial charge in [-0.2, -0.15) is 0 Å². The summed E-state index contributed by atoms with van der Waals surface area (Å²) in [6, 6.07) is 25.1. The maximum absolute atomic E-state index is 6.10. The molecule has 0 N–H and O–H groups in total. The summed E-state index contributed by atoms with van der Waals surface area (Å²) in [5.74, 6) is 3.82. The second kappa shape index (κ2) is 11.2. The van der Waals surface area contributed by atoms with Crippen molar-refractivity contribution in [3.63, 3.8) is 0 Å². The largest absolute Gasteiger partial charge is 0.494 e. The molecule has 0 amide bonds. The van der Waals surface area contributed by atoms with Gasteiger partial charge >= 0.3 is 0 Å². The van der Waals surface area contributed by atoms with Crippen molar-refractivity contribution in [3.05, 3.63) is 89.7 Å². The molecule has 1 aromatic heterocycles. The molecule has 0 radical (unpaired) electrons. The zero-order valence-corrected chi connectivity index (χ0v) is 20.8. The average Bonchev–Trinajstić information content (AvgIpc) is 3.23. The molecule has 4 heteroatoms. The first-order chi connectivity index (χ1) is 16.5. The van der Waals surface area contributed by atoms with Crippen molar-refractivity contribution in [1.82, 2.24) is 9.55 Å². The highest BCUT2D eigenvalue weighted by atomic mass is 16.5. The molecule has 4 aromatic rings. The number of aromatic nitrogens is 2. The van der Waals surface area contributed by atoms with E-state index in [1.807, 2.05) is 18.2 Å². The summed E-state index contributed by atoms with van der Waals surface area (Å²) in [6.45, 7) is 10.8. The van der Waals surface area contributed by atoms with E-state index in [1.54, 1.807) is 0 Å². The summed E-state index contributed by atoms with van der Waals surface area (Å²) in [5, 5.41) is 0. The van der Waals surface area contributed by atoms with Crippen LogP contribution in [0.2, 0.25) is 0 Å². The van der Waals surface area contributed by atoms with Gasteiger partial charge in [0.15, 0.2) is 0 Å². The molecule has 0 fully saturated rings. The fraction of sp³-hybridized carbons (Fsp3) is 0.367. The van der Waals surface area contributed by atoms with Crippen LogP contribution in [0.15, 0.2) is 72.8 Å². The minimum Gasteiger partial charge on any atom is -0.494 e. The summed E-state index contributed by atoms with van der Waals surface area (Å²) in [7, 11) is 0. The lowest BCUT2D eigenvalue weighted by molar-refractivity contribution is 0.280. The van der Waals surface area contributed by atoms with E-state index >= 15 is 0 Å². The fourth-order valence-electron chi connectivity index (χ4n) is 4.12. The van der Waals surface area contributed by atoms with Gasteiger partial charge in [-0.3, -0.25) is 0 Å². The molecule has 34 heavy (non-hydrogen) atoms. The molecular weight excluding hydrogens is 420 g/mol. The van der Waals surface area contributed by atoms with Crippen LogP contribution >= 0.6 is 0 Å². The van der Waals surface area contributed by atoms with Crippen LogP contribution in [-0.2, 0) is 13.2 Å². The van der Waals surface area contributed by atoms with Gasteiger partial charge in [-0.25, -0.2) is 4.98 Å². The maximum Gasteiger partial charge on any atom is 0.147 e. The Bertz CT molecular complexity index is 1180. The van der Waals surface area contributed by atoms with Gasteiger partial charge in [0, 0.05) is 6.54 Å². The Kier molecular flexibility index (Phi) is 7.89. The van der Waals surface area contributed by atoms with E-state index < -0.39 is 0 Å². The SMILES string of the molecule is CCC(C)c1ccc(OCCCn2c(COc3ccc(C(C)C)cc3)nc3ccccc32)cc1. The van der Waals surface area contributed by atoms with E-state index in [0.717, 1.165) is 47.7 Å².